The summed E-state index contributed by atoms with van der Waals surface area (Å²) in [5.41, 5.74) is 11.2. The van der Waals surface area contributed by atoms with Gasteiger partial charge in [-0.25, -0.2) is 0 Å². The fourth-order valence-electron chi connectivity index (χ4n) is 4.57. The van der Waals surface area contributed by atoms with Gasteiger partial charge < -0.3 is 20.7 Å². The van der Waals surface area contributed by atoms with E-state index in [-0.39, 0.29) is 11.8 Å². The smallest absolute Gasteiger partial charge is 0.251 e. The number of rotatable bonds is 13. The number of nitrogens with one attached hydrogen (secondary N) is 1. The van der Waals surface area contributed by atoms with Gasteiger partial charge in [0.15, 0.2) is 0 Å². The van der Waals surface area contributed by atoms with Crippen LogP contribution in [0.1, 0.15) is 33.5 Å². The minimum absolute atomic E-state index is 0.0437. The first kappa shape index (κ1) is 29.3. The van der Waals surface area contributed by atoms with Crippen LogP contribution in [0, 0.1) is 0 Å². The lowest BCUT2D eigenvalue weighted by atomic mass is 10.0. The molecule has 0 saturated heterocycles. The molecule has 0 bridgehead atoms. The van der Waals surface area contributed by atoms with Crippen LogP contribution in [0.25, 0.3) is 17.2 Å². The molecule has 210 valence electrons. The van der Waals surface area contributed by atoms with Crippen LogP contribution in [0.4, 0.5) is 0 Å². The molecule has 6 heteroatoms. The molecule has 6 nitrogen and oxygen atoms in total. The molecule has 4 rings (SSSR count). The first-order chi connectivity index (χ1) is 20.1. The number of methoxy groups -OCH3 is 1. The third kappa shape index (κ3) is 8.92. The summed E-state index contributed by atoms with van der Waals surface area (Å²) in [5, 5.41) is 2.82. The zero-order valence-corrected chi connectivity index (χ0v) is 23.5. The van der Waals surface area contributed by atoms with Crippen molar-refractivity contribution in [3.8, 4) is 16.9 Å². The Morgan fingerprint density at radius 1 is 0.854 bits per heavy atom. The van der Waals surface area contributed by atoms with E-state index in [4.69, 9.17) is 10.5 Å². The Morgan fingerprint density at radius 3 is 2.29 bits per heavy atom. The maximum absolute atomic E-state index is 13.4. The van der Waals surface area contributed by atoms with Gasteiger partial charge in [0.25, 0.3) is 5.91 Å². The van der Waals surface area contributed by atoms with E-state index >= 15 is 0 Å². The van der Waals surface area contributed by atoms with Crippen molar-refractivity contribution in [2.45, 2.75) is 19.4 Å². The minimum Gasteiger partial charge on any atom is -0.497 e. The predicted octanol–water partition coefficient (Wildman–Crippen LogP) is 5.73. The fraction of sp³-hybridized carbons (Fsp3) is 0.200. The molecule has 0 heterocycles. The summed E-state index contributed by atoms with van der Waals surface area (Å²) in [6, 6.07) is 33.6. The van der Waals surface area contributed by atoms with Gasteiger partial charge in [0.2, 0.25) is 5.91 Å². The number of hydrogen-bond donors (Lipinski definition) is 2. The topological polar surface area (TPSA) is 84.7 Å². The Labute approximate surface area is 242 Å². The molecule has 3 N–H and O–H groups in total. The van der Waals surface area contributed by atoms with E-state index in [1.54, 1.807) is 19.3 Å². The molecule has 41 heavy (non-hydrogen) atoms. The van der Waals surface area contributed by atoms with Gasteiger partial charge in [0, 0.05) is 37.8 Å². The molecule has 0 radical (unpaired) electrons. The van der Waals surface area contributed by atoms with Gasteiger partial charge in [-0.1, -0.05) is 72.8 Å². The van der Waals surface area contributed by atoms with Gasteiger partial charge in [0.1, 0.15) is 5.75 Å². The van der Waals surface area contributed by atoms with E-state index < -0.39 is 0 Å². The number of nitrogens with two attached hydrogens (primary N) is 1. The fourth-order valence-corrected chi connectivity index (χ4v) is 4.57. The van der Waals surface area contributed by atoms with Gasteiger partial charge in [-0.2, -0.15) is 0 Å². The van der Waals surface area contributed by atoms with Gasteiger partial charge in [-0.05, 0) is 77.1 Å². The lowest BCUT2D eigenvalue weighted by molar-refractivity contribution is -0.126. The SMILES string of the molecule is COc1ccc(C=CC(=O)N(CCCc2ccccc2)Cc2cccc(-c3cccc(C(=O)NCCN)c3)c2)cc1. The van der Waals surface area contributed by atoms with E-state index in [0.29, 0.717) is 31.7 Å². The van der Waals surface area contributed by atoms with E-state index in [1.165, 1.54) is 5.56 Å². The molecule has 0 spiro atoms. The summed E-state index contributed by atoms with van der Waals surface area (Å²) < 4.78 is 5.23. The standard InChI is InChI=1S/C35H37N3O3/c1-41-33-18-15-28(16-19-33)17-20-34(39)38(23-7-11-27-8-3-2-4-9-27)26-29-10-5-12-30(24-29)31-13-6-14-32(25-31)35(40)37-22-21-36/h2-6,8-10,12-20,24-25H,7,11,21-23,26,36H2,1H3,(H,37,40). The van der Waals surface area contributed by atoms with Crippen LogP contribution in [0.5, 0.6) is 5.75 Å². The number of nitrogens with zero attached hydrogens (tertiary/aromatic N) is 1. The van der Waals surface area contributed by atoms with Crippen molar-refractivity contribution in [2.75, 3.05) is 26.7 Å². The Morgan fingerprint density at radius 2 is 1.56 bits per heavy atom. The van der Waals surface area contributed by atoms with Crippen LogP contribution >= 0.6 is 0 Å². The summed E-state index contributed by atoms with van der Waals surface area (Å²) >= 11 is 0. The number of ether oxygens (including phenoxy) is 1. The van der Waals surface area contributed by atoms with E-state index in [2.05, 4.69) is 23.5 Å². The molecule has 0 fully saturated rings. The average molecular weight is 548 g/mol. The molecule has 4 aromatic carbocycles. The van der Waals surface area contributed by atoms with Crippen LogP contribution in [0.15, 0.2) is 109 Å². The first-order valence-corrected chi connectivity index (χ1v) is 13.9. The second kappa shape index (κ2) is 15.2. The predicted molar refractivity (Wildman–Crippen MR) is 165 cm³/mol. The van der Waals surface area contributed by atoms with Crippen LogP contribution in [0.2, 0.25) is 0 Å². The van der Waals surface area contributed by atoms with Crippen molar-refractivity contribution in [3.05, 3.63) is 131 Å². The number of benzene rings is 4. The minimum atomic E-state index is -0.146. The second-order valence-corrected chi connectivity index (χ2v) is 9.78. The number of amides is 2. The van der Waals surface area contributed by atoms with Crippen molar-refractivity contribution < 1.29 is 14.3 Å². The largest absolute Gasteiger partial charge is 0.497 e. The van der Waals surface area contributed by atoms with Crippen LogP contribution in [-0.4, -0.2) is 43.5 Å². The highest BCUT2D eigenvalue weighted by atomic mass is 16.5. The molecule has 0 unspecified atom stereocenters. The van der Waals surface area contributed by atoms with Gasteiger partial charge in [-0.3, -0.25) is 9.59 Å². The van der Waals surface area contributed by atoms with Crippen molar-refractivity contribution in [3.63, 3.8) is 0 Å². The first-order valence-electron chi connectivity index (χ1n) is 13.9. The Hall–Kier alpha value is -4.68. The molecule has 2 amide bonds. The molecule has 0 atom stereocenters. The lowest BCUT2D eigenvalue weighted by Crippen LogP contribution is -2.30. The number of carbonyl (C=O) groups is 2. The molecule has 0 aliphatic carbocycles. The maximum Gasteiger partial charge on any atom is 0.251 e. The summed E-state index contributed by atoms with van der Waals surface area (Å²) in [5.74, 6) is 0.586. The lowest BCUT2D eigenvalue weighted by Gasteiger charge is -2.22. The summed E-state index contributed by atoms with van der Waals surface area (Å²) in [7, 11) is 1.63. The third-order valence-electron chi connectivity index (χ3n) is 6.77. The Balaban J connectivity index is 1.51. The number of hydrogen-bond acceptors (Lipinski definition) is 4. The molecular weight excluding hydrogens is 510 g/mol. The van der Waals surface area contributed by atoms with Crippen LogP contribution in [0.3, 0.4) is 0 Å². The quantitative estimate of drug-likeness (QED) is 0.210. The van der Waals surface area contributed by atoms with Crippen LogP contribution < -0.4 is 15.8 Å². The second-order valence-electron chi connectivity index (χ2n) is 9.78. The van der Waals surface area contributed by atoms with Crippen molar-refractivity contribution in [2.24, 2.45) is 5.73 Å². The van der Waals surface area contributed by atoms with Gasteiger partial charge >= 0.3 is 0 Å². The zero-order valence-electron chi connectivity index (χ0n) is 23.5. The normalized spacial score (nSPS) is 10.9. The average Bonchev–Trinajstić information content (AvgIpc) is 3.03. The zero-order chi connectivity index (χ0) is 28.9. The van der Waals surface area contributed by atoms with E-state index in [9.17, 15) is 9.59 Å². The van der Waals surface area contributed by atoms with E-state index in [0.717, 1.165) is 40.8 Å². The van der Waals surface area contributed by atoms with Crippen molar-refractivity contribution in [1.82, 2.24) is 10.2 Å². The summed E-state index contributed by atoms with van der Waals surface area (Å²) in [6.45, 7) is 1.93. The summed E-state index contributed by atoms with van der Waals surface area (Å²) in [6.07, 6.45) is 5.22. The Kier molecular flexibility index (Phi) is 10.9. The molecule has 0 aromatic heterocycles. The monoisotopic (exact) mass is 547 g/mol. The number of aryl methyl sites for hydroxylation is 1. The van der Waals surface area contributed by atoms with E-state index in [1.807, 2.05) is 89.8 Å². The van der Waals surface area contributed by atoms with Crippen LogP contribution in [-0.2, 0) is 17.8 Å². The molecule has 0 saturated carbocycles. The Bertz CT molecular complexity index is 1450. The van der Waals surface area contributed by atoms with Crippen molar-refractivity contribution in [1.29, 1.82) is 0 Å². The molecule has 0 aliphatic heterocycles. The molecule has 4 aromatic rings. The highest BCUT2D eigenvalue weighted by Gasteiger charge is 2.13. The summed E-state index contributed by atoms with van der Waals surface area (Å²) in [4.78, 5) is 27.7. The third-order valence-corrected chi connectivity index (χ3v) is 6.77. The number of carbonyl (C=O) groups excluding carboxylic acids is 2. The van der Waals surface area contributed by atoms with Crippen molar-refractivity contribution >= 4 is 17.9 Å². The van der Waals surface area contributed by atoms with Gasteiger partial charge in [0.05, 0.1) is 7.11 Å². The maximum atomic E-state index is 13.4. The molecular formula is C35H37N3O3. The van der Waals surface area contributed by atoms with Gasteiger partial charge in [-0.15, -0.1) is 0 Å². The highest BCUT2D eigenvalue weighted by Crippen LogP contribution is 2.23. The molecule has 0 aliphatic rings. The highest BCUT2D eigenvalue weighted by molar-refractivity contribution is 5.95.